The predicted molar refractivity (Wildman–Crippen MR) is 171 cm³/mol. The zero-order chi connectivity index (χ0) is 27.2. The van der Waals surface area contributed by atoms with Crippen molar-refractivity contribution in [3.8, 4) is 0 Å². The van der Waals surface area contributed by atoms with E-state index >= 15 is 0 Å². The summed E-state index contributed by atoms with van der Waals surface area (Å²) in [7, 11) is 0. The highest BCUT2D eigenvalue weighted by Crippen LogP contribution is 2.54. The summed E-state index contributed by atoms with van der Waals surface area (Å²) in [6.45, 7) is 14.1. The number of fused-ring (bicyclic) bond motifs is 8. The van der Waals surface area contributed by atoms with Crippen LogP contribution < -0.4 is 0 Å². The van der Waals surface area contributed by atoms with E-state index in [0.29, 0.717) is 0 Å². The van der Waals surface area contributed by atoms with Gasteiger partial charge in [0.15, 0.2) is 0 Å². The van der Waals surface area contributed by atoms with Crippen LogP contribution in [0.4, 0.5) is 0 Å². The molecule has 0 aliphatic heterocycles. The number of rotatable bonds is 3. The van der Waals surface area contributed by atoms with Crippen molar-refractivity contribution in [2.45, 2.75) is 31.6 Å². The molecule has 0 bridgehead atoms. The molecule has 0 amide bonds. The minimum absolute atomic E-state index is 0.127. The van der Waals surface area contributed by atoms with E-state index in [1.54, 1.807) is 0 Å². The Kier molecular flexibility index (Phi) is 4.77. The number of allylic oxidation sites excluding steroid dienone is 2. The Bertz CT molecular complexity index is 2150. The van der Waals surface area contributed by atoms with E-state index in [9.17, 15) is 0 Å². The van der Waals surface area contributed by atoms with E-state index in [1.807, 2.05) is 6.07 Å². The van der Waals surface area contributed by atoms with Crippen LogP contribution in [0.3, 0.4) is 0 Å². The van der Waals surface area contributed by atoms with Gasteiger partial charge in [-0.05, 0) is 85.9 Å². The standard InChI is InChI=1S/C39H30O/c1-23(37-28-13-7-5-11-25(28)20-26-12-6-8-14-29(26)37)19-32-24(2)39(3,4)35-21-27-17-18-31-30-15-9-10-16-36(30)40-38(31)33(27)22-34(32)35/h5-18,20-22,32H,1-2,19H2,3-4H3. The second-order valence-corrected chi connectivity index (χ2v) is 11.9. The van der Waals surface area contributed by atoms with Crippen molar-refractivity contribution in [2.75, 3.05) is 0 Å². The Labute approximate surface area is 234 Å². The van der Waals surface area contributed by atoms with Crippen molar-refractivity contribution in [3.05, 3.63) is 139 Å². The fourth-order valence-corrected chi connectivity index (χ4v) is 7.17. The van der Waals surface area contributed by atoms with Crippen LogP contribution in [-0.2, 0) is 5.41 Å². The largest absolute Gasteiger partial charge is 0.455 e. The molecule has 1 aliphatic carbocycles. The highest BCUT2D eigenvalue weighted by atomic mass is 16.3. The van der Waals surface area contributed by atoms with E-state index in [2.05, 4.69) is 111 Å². The van der Waals surface area contributed by atoms with Crippen LogP contribution in [-0.4, -0.2) is 0 Å². The maximum absolute atomic E-state index is 6.45. The predicted octanol–water partition coefficient (Wildman–Crippen LogP) is 11.1. The first-order valence-corrected chi connectivity index (χ1v) is 14.1. The molecule has 7 aromatic rings. The summed E-state index contributed by atoms with van der Waals surface area (Å²) in [4.78, 5) is 0. The molecule has 40 heavy (non-hydrogen) atoms. The molecule has 0 radical (unpaired) electrons. The Morgan fingerprint density at radius 1 is 0.700 bits per heavy atom. The topological polar surface area (TPSA) is 13.1 Å². The summed E-state index contributed by atoms with van der Waals surface area (Å²) < 4.78 is 6.45. The summed E-state index contributed by atoms with van der Waals surface area (Å²) >= 11 is 0. The second kappa shape index (κ2) is 8.19. The Morgan fingerprint density at radius 3 is 2.05 bits per heavy atom. The van der Waals surface area contributed by atoms with Crippen molar-refractivity contribution in [2.24, 2.45) is 0 Å². The highest BCUT2D eigenvalue weighted by Gasteiger charge is 2.41. The maximum atomic E-state index is 6.45. The zero-order valence-corrected chi connectivity index (χ0v) is 22.9. The Balaban J connectivity index is 1.32. The van der Waals surface area contributed by atoms with Gasteiger partial charge in [-0.2, -0.15) is 0 Å². The molecule has 1 unspecified atom stereocenters. The zero-order valence-electron chi connectivity index (χ0n) is 22.9. The number of furan rings is 1. The Hall–Kier alpha value is -4.62. The van der Waals surface area contributed by atoms with Crippen molar-refractivity contribution < 1.29 is 4.42 Å². The third-order valence-electron chi connectivity index (χ3n) is 9.38. The Morgan fingerprint density at radius 2 is 1.32 bits per heavy atom. The normalized spacial score (nSPS) is 16.4. The van der Waals surface area contributed by atoms with Crippen LogP contribution >= 0.6 is 0 Å². The van der Waals surface area contributed by atoms with Gasteiger partial charge in [-0.15, -0.1) is 0 Å². The summed E-state index contributed by atoms with van der Waals surface area (Å²) in [6, 6.07) is 37.2. The molecule has 0 N–H and O–H groups in total. The number of para-hydroxylation sites is 1. The van der Waals surface area contributed by atoms with Gasteiger partial charge >= 0.3 is 0 Å². The van der Waals surface area contributed by atoms with E-state index in [4.69, 9.17) is 17.6 Å². The van der Waals surface area contributed by atoms with Gasteiger partial charge in [0.2, 0.25) is 0 Å². The summed E-state index contributed by atoms with van der Waals surface area (Å²) in [5, 5.41) is 9.74. The molecule has 0 fully saturated rings. The van der Waals surface area contributed by atoms with Crippen molar-refractivity contribution in [1.29, 1.82) is 0 Å². The first kappa shape index (κ1) is 23.3. The molecule has 8 rings (SSSR count). The van der Waals surface area contributed by atoms with Crippen LogP contribution in [0.1, 0.15) is 42.9 Å². The molecule has 0 saturated heterocycles. The van der Waals surface area contributed by atoms with Gasteiger partial charge in [-0.1, -0.05) is 105 Å². The van der Waals surface area contributed by atoms with Gasteiger partial charge in [-0.3, -0.25) is 0 Å². The number of hydrogen-bond donors (Lipinski definition) is 0. The molecule has 192 valence electrons. The molecule has 6 aromatic carbocycles. The molecule has 0 spiro atoms. The minimum atomic E-state index is -0.127. The lowest BCUT2D eigenvalue weighted by molar-refractivity contribution is 0.621. The van der Waals surface area contributed by atoms with Gasteiger partial charge in [0, 0.05) is 27.5 Å². The molecule has 1 nitrogen and oxygen atoms in total. The minimum Gasteiger partial charge on any atom is -0.455 e. The third-order valence-corrected chi connectivity index (χ3v) is 9.38. The highest BCUT2D eigenvalue weighted by molar-refractivity contribution is 6.15. The van der Waals surface area contributed by atoms with Crippen molar-refractivity contribution in [3.63, 3.8) is 0 Å². The lowest BCUT2D eigenvalue weighted by Gasteiger charge is -2.24. The molecular formula is C39H30O. The van der Waals surface area contributed by atoms with Gasteiger partial charge < -0.3 is 4.42 Å². The monoisotopic (exact) mass is 514 g/mol. The number of benzene rings is 6. The molecule has 1 heteroatoms. The van der Waals surface area contributed by atoms with E-state index < -0.39 is 0 Å². The smallest absolute Gasteiger partial charge is 0.143 e. The molecule has 0 saturated carbocycles. The van der Waals surface area contributed by atoms with Crippen molar-refractivity contribution >= 4 is 59.8 Å². The molecule has 1 heterocycles. The lowest BCUT2D eigenvalue weighted by Crippen LogP contribution is -2.15. The second-order valence-electron chi connectivity index (χ2n) is 11.9. The van der Waals surface area contributed by atoms with E-state index in [1.165, 1.54) is 60.0 Å². The van der Waals surface area contributed by atoms with Crippen LogP contribution in [0.15, 0.2) is 126 Å². The van der Waals surface area contributed by atoms with Gasteiger partial charge in [-0.25, -0.2) is 0 Å². The first-order chi connectivity index (χ1) is 19.4. The average molecular weight is 515 g/mol. The van der Waals surface area contributed by atoms with Crippen LogP contribution in [0.5, 0.6) is 0 Å². The molecular weight excluding hydrogens is 484 g/mol. The maximum Gasteiger partial charge on any atom is 0.143 e. The van der Waals surface area contributed by atoms with Gasteiger partial charge in [0.25, 0.3) is 0 Å². The molecule has 1 aromatic heterocycles. The first-order valence-electron chi connectivity index (χ1n) is 14.1. The number of hydrogen-bond acceptors (Lipinski definition) is 1. The van der Waals surface area contributed by atoms with Crippen molar-refractivity contribution in [1.82, 2.24) is 0 Å². The molecule has 1 aliphatic rings. The average Bonchev–Trinajstić information content (AvgIpc) is 3.44. The van der Waals surface area contributed by atoms with E-state index in [-0.39, 0.29) is 11.3 Å². The summed E-state index contributed by atoms with van der Waals surface area (Å²) in [5.74, 6) is 0.180. The third kappa shape index (κ3) is 3.15. The van der Waals surface area contributed by atoms with Crippen LogP contribution in [0.25, 0.3) is 59.8 Å². The van der Waals surface area contributed by atoms with Crippen LogP contribution in [0, 0.1) is 0 Å². The van der Waals surface area contributed by atoms with E-state index in [0.717, 1.165) is 28.5 Å². The fourth-order valence-electron chi connectivity index (χ4n) is 7.17. The lowest BCUT2D eigenvalue weighted by atomic mass is 9.80. The van der Waals surface area contributed by atoms with Crippen LogP contribution in [0.2, 0.25) is 0 Å². The molecule has 1 atom stereocenters. The fraction of sp³-hybridized carbons (Fsp3) is 0.128. The summed E-state index contributed by atoms with van der Waals surface area (Å²) in [6.07, 6.45) is 0.828. The SMILES string of the molecule is C=C(CC1C(=C)C(C)(C)c2cc3ccc4c5ccccc5oc4c3cc21)c1c2ccccc2cc2ccccc12. The quantitative estimate of drug-likeness (QED) is 0.169. The van der Waals surface area contributed by atoms with Gasteiger partial charge in [0.05, 0.1) is 0 Å². The van der Waals surface area contributed by atoms with Gasteiger partial charge in [0.1, 0.15) is 11.2 Å². The summed E-state index contributed by atoms with van der Waals surface area (Å²) in [5.41, 5.74) is 8.15.